The first-order chi connectivity index (χ1) is 7.68. The van der Waals surface area contributed by atoms with Crippen LogP contribution in [0.5, 0.6) is 0 Å². The van der Waals surface area contributed by atoms with Gasteiger partial charge in [-0.25, -0.2) is 0 Å². The molecule has 1 rings (SSSR count). The fourth-order valence-electron chi connectivity index (χ4n) is 1.44. The molecule has 0 fully saturated rings. The lowest BCUT2D eigenvalue weighted by Crippen LogP contribution is -2.10. The lowest BCUT2D eigenvalue weighted by Gasteiger charge is -2.19. The van der Waals surface area contributed by atoms with Crippen LogP contribution in [0.15, 0.2) is 30.3 Å². The summed E-state index contributed by atoms with van der Waals surface area (Å²) in [5.74, 6) is 0. The molecule has 3 heteroatoms. The monoisotopic (exact) mass is 242 g/mol. The summed E-state index contributed by atoms with van der Waals surface area (Å²) in [4.78, 5) is 0. The van der Waals surface area contributed by atoms with E-state index < -0.39 is 12.6 Å². The third-order valence-electron chi connectivity index (χ3n) is 2.41. The largest absolute Gasteiger partial charge is 0.392 e. The number of benzene rings is 1. The minimum Gasteiger partial charge on any atom is -0.171 e. The Bertz CT molecular complexity index is 395. The van der Waals surface area contributed by atoms with Gasteiger partial charge < -0.3 is 0 Å². The van der Waals surface area contributed by atoms with Crippen LogP contribution >= 0.6 is 0 Å². The van der Waals surface area contributed by atoms with Gasteiger partial charge in [-0.1, -0.05) is 57.2 Å². The van der Waals surface area contributed by atoms with Crippen LogP contribution in [0.1, 0.15) is 38.3 Å². The third-order valence-corrected chi connectivity index (χ3v) is 2.41. The van der Waals surface area contributed by atoms with E-state index >= 15 is 0 Å². The van der Waals surface area contributed by atoms with Gasteiger partial charge >= 0.3 is 6.18 Å². The number of hydrogen-bond acceptors (Lipinski definition) is 0. The topological polar surface area (TPSA) is 0 Å². The highest BCUT2D eigenvalue weighted by atomic mass is 19.4. The van der Waals surface area contributed by atoms with Gasteiger partial charge in [0.15, 0.2) is 0 Å². The quantitative estimate of drug-likeness (QED) is 0.688. The van der Waals surface area contributed by atoms with Crippen molar-refractivity contribution in [2.45, 2.75) is 38.8 Å². The van der Waals surface area contributed by atoms with Gasteiger partial charge in [0, 0.05) is 0 Å². The molecule has 0 aliphatic rings. The molecule has 0 heterocycles. The van der Waals surface area contributed by atoms with Crippen molar-refractivity contribution in [1.29, 1.82) is 0 Å². The van der Waals surface area contributed by atoms with Gasteiger partial charge in [-0.3, -0.25) is 0 Å². The normalized spacial score (nSPS) is 13.3. The van der Waals surface area contributed by atoms with Crippen molar-refractivity contribution in [3.05, 3.63) is 41.5 Å². The molecule has 94 valence electrons. The van der Waals surface area contributed by atoms with E-state index in [0.717, 1.165) is 17.2 Å². The maximum absolute atomic E-state index is 12.0. The molecule has 0 radical (unpaired) electrons. The lowest BCUT2D eigenvalue weighted by molar-refractivity contribution is -0.124. The summed E-state index contributed by atoms with van der Waals surface area (Å²) < 4.78 is 35.9. The Kier molecular flexibility index (Phi) is 4.02. The Balaban J connectivity index is 2.80. The predicted molar refractivity (Wildman–Crippen MR) is 64.8 cm³/mol. The van der Waals surface area contributed by atoms with Gasteiger partial charge in [0.2, 0.25) is 0 Å². The second-order valence-corrected chi connectivity index (χ2v) is 5.10. The molecule has 0 nitrogen and oxygen atoms in total. The van der Waals surface area contributed by atoms with Crippen LogP contribution in [-0.2, 0) is 5.41 Å². The number of halogens is 3. The standard InChI is InChI=1S/C14H17F3/c1-13(2,3)12-8-4-6-11(10-12)7-5-9-14(15,16)17/h4-8,10H,9H2,1-3H3. The van der Waals surface area contributed by atoms with Gasteiger partial charge in [-0.05, 0) is 16.5 Å². The fraction of sp³-hybridized carbons (Fsp3) is 0.429. The van der Waals surface area contributed by atoms with E-state index in [1.807, 2.05) is 24.3 Å². The van der Waals surface area contributed by atoms with Crippen LogP contribution in [0.2, 0.25) is 0 Å². The van der Waals surface area contributed by atoms with E-state index in [-0.39, 0.29) is 5.41 Å². The molecule has 0 aliphatic heterocycles. The molecule has 0 saturated carbocycles. The highest BCUT2D eigenvalue weighted by molar-refractivity contribution is 5.51. The summed E-state index contributed by atoms with van der Waals surface area (Å²) in [5.41, 5.74) is 1.93. The summed E-state index contributed by atoms with van der Waals surface area (Å²) >= 11 is 0. The van der Waals surface area contributed by atoms with Crippen LogP contribution in [-0.4, -0.2) is 6.18 Å². The zero-order valence-electron chi connectivity index (χ0n) is 10.3. The Morgan fingerprint density at radius 1 is 1.12 bits per heavy atom. The SMILES string of the molecule is CC(C)(C)c1cccc(C=CCC(F)(F)F)c1. The zero-order valence-corrected chi connectivity index (χ0v) is 10.3. The van der Waals surface area contributed by atoms with E-state index in [9.17, 15) is 13.2 Å². The second kappa shape index (κ2) is 4.94. The molecular weight excluding hydrogens is 225 g/mol. The van der Waals surface area contributed by atoms with Crippen molar-refractivity contribution in [2.24, 2.45) is 0 Å². The minimum absolute atomic E-state index is 0.00781. The molecule has 1 aromatic rings. The summed E-state index contributed by atoms with van der Waals surface area (Å²) in [5, 5.41) is 0. The maximum Gasteiger partial charge on any atom is 0.392 e. The zero-order chi connectivity index (χ0) is 13.1. The summed E-state index contributed by atoms with van der Waals surface area (Å²) in [7, 11) is 0. The highest BCUT2D eigenvalue weighted by Crippen LogP contribution is 2.24. The Morgan fingerprint density at radius 3 is 2.29 bits per heavy atom. The number of hydrogen-bond donors (Lipinski definition) is 0. The summed E-state index contributed by atoms with van der Waals surface area (Å²) in [6, 6.07) is 7.59. The van der Waals surface area contributed by atoms with Gasteiger partial charge in [0.1, 0.15) is 0 Å². The van der Waals surface area contributed by atoms with Crippen molar-refractivity contribution in [2.75, 3.05) is 0 Å². The molecule has 0 N–H and O–H groups in total. The molecule has 1 aromatic carbocycles. The molecular formula is C14H17F3. The molecule has 17 heavy (non-hydrogen) atoms. The van der Waals surface area contributed by atoms with Crippen molar-refractivity contribution in [3.63, 3.8) is 0 Å². The molecule has 0 amide bonds. The van der Waals surface area contributed by atoms with Gasteiger partial charge in [0.25, 0.3) is 0 Å². The molecule has 0 unspecified atom stereocenters. The van der Waals surface area contributed by atoms with Crippen molar-refractivity contribution in [3.8, 4) is 0 Å². The van der Waals surface area contributed by atoms with E-state index in [1.54, 1.807) is 0 Å². The Labute approximate surface area is 100 Å². The van der Waals surface area contributed by atoms with E-state index in [2.05, 4.69) is 20.8 Å². The fourth-order valence-corrected chi connectivity index (χ4v) is 1.44. The van der Waals surface area contributed by atoms with Crippen molar-refractivity contribution < 1.29 is 13.2 Å². The van der Waals surface area contributed by atoms with E-state index in [0.29, 0.717) is 0 Å². The average Bonchev–Trinajstić information content (AvgIpc) is 2.15. The average molecular weight is 242 g/mol. The molecule has 0 bridgehead atoms. The highest BCUT2D eigenvalue weighted by Gasteiger charge is 2.24. The van der Waals surface area contributed by atoms with Crippen molar-refractivity contribution in [1.82, 2.24) is 0 Å². The molecule has 0 atom stereocenters. The predicted octanol–water partition coefficient (Wildman–Crippen LogP) is 4.95. The minimum atomic E-state index is -4.13. The third kappa shape index (κ3) is 5.07. The van der Waals surface area contributed by atoms with Gasteiger partial charge in [0.05, 0.1) is 6.42 Å². The van der Waals surface area contributed by atoms with Crippen LogP contribution in [0.3, 0.4) is 0 Å². The second-order valence-electron chi connectivity index (χ2n) is 5.10. The first-order valence-electron chi connectivity index (χ1n) is 5.52. The van der Waals surface area contributed by atoms with Crippen LogP contribution < -0.4 is 0 Å². The van der Waals surface area contributed by atoms with Gasteiger partial charge in [-0.15, -0.1) is 0 Å². The van der Waals surface area contributed by atoms with Gasteiger partial charge in [-0.2, -0.15) is 13.2 Å². The Hall–Kier alpha value is -1.25. The molecule has 0 saturated heterocycles. The molecule has 0 spiro atoms. The first kappa shape index (κ1) is 13.8. The number of allylic oxidation sites excluding steroid dienone is 1. The first-order valence-corrected chi connectivity index (χ1v) is 5.52. The summed E-state index contributed by atoms with van der Waals surface area (Å²) in [6.45, 7) is 6.22. The van der Waals surface area contributed by atoms with Crippen LogP contribution in [0.25, 0.3) is 6.08 Å². The molecule has 0 aliphatic carbocycles. The summed E-state index contributed by atoms with van der Waals surface area (Å²) in [6.07, 6.45) is -2.34. The maximum atomic E-state index is 12.0. The molecule has 0 aromatic heterocycles. The lowest BCUT2D eigenvalue weighted by atomic mass is 9.86. The van der Waals surface area contributed by atoms with E-state index in [4.69, 9.17) is 0 Å². The Morgan fingerprint density at radius 2 is 1.76 bits per heavy atom. The van der Waals surface area contributed by atoms with E-state index in [1.165, 1.54) is 6.08 Å². The van der Waals surface area contributed by atoms with Crippen molar-refractivity contribution >= 4 is 6.08 Å². The number of alkyl halides is 3. The van der Waals surface area contributed by atoms with Crippen LogP contribution in [0, 0.1) is 0 Å². The number of rotatable bonds is 2. The smallest absolute Gasteiger partial charge is 0.171 e. The van der Waals surface area contributed by atoms with Crippen LogP contribution in [0.4, 0.5) is 13.2 Å².